The Morgan fingerprint density at radius 2 is 1.96 bits per heavy atom. The molecule has 1 aromatic rings. The summed E-state index contributed by atoms with van der Waals surface area (Å²) >= 11 is 16.7. The van der Waals surface area contributed by atoms with Crippen LogP contribution in [0.3, 0.4) is 0 Å². The largest absolute Gasteiger partial charge is 0.508 e. The number of phenols is 1. The first-order valence-corrected chi connectivity index (χ1v) is 7.69. The lowest BCUT2D eigenvalue weighted by molar-refractivity contribution is -0.146. The number of halogens is 3. The average Bonchev–Trinajstić information content (AvgIpc) is 2.44. The van der Waals surface area contributed by atoms with Crippen LogP contribution < -0.4 is 5.32 Å². The van der Waals surface area contributed by atoms with Gasteiger partial charge in [0.25, 0.3) is 0 Å². The first kappa shape index (κ1) is 17.8. The molecule has 0 bridgehead atoms. The van der Waals surface area contributed by atoms with E-state index in [2.05, 4.69) is 10.3 Å². The summed E-state index contributed by atoms with van der Waals surface area (Å²) in [7, 11) is 0. The first-order valence-electron chi connectivity index (χ1n) is 6.55. The number of hydrogen-bond donors (Lipinski definition) is 2. The number of rotatable bonds is 3. The Labute approximate surface area is 147 Å². The molecule has 0 saturated heterocycles. The quantitative estimate of drug-likeness (QED) is 0.624. The summed E-state index contributed by atoms with van der Waals surface area (Å²) in [5, 5.41) is 12.0. The number of ether oxygens (including phenoxy) is 1. The van der Waals surface area contributed by atoms with Crippen LogP contribution in [0.15, 0.2) is 29.3 Å². The van der Waals surface area contributed by atoms with Crippen LogP contribution in [0.4, 0.5) is 4.79 Å². The zero-order chi connectivity index (χ0) is 17.2. The van der Waals surface area contributed by atoms with Gasteiger partial charge in [-0.1, -0.05) is 46.9 Å². The Bertz CT molecular complexity index is 640. The van der Waals surface area contributed by atoms with Gasteiger partial charge in [0, 0.05) is 5.71 Å². The zero-order valence-corrected chi connectivity index (χ0v) is 14.2. The second kappa shape index (κ2) is 6.95. The van der Waals surface area contributed by atoms with Crippen LogP contribution in [0, 0.1) is 5.92 Å². The standard InChI is InChI=1S/C14H13Cl3N2O4/c1-7-10(12(21)23-6-14(15,16)17)11(19-13(22)18-7)8-2-4-9(20)5-3-8/h2-5,10-11,20H,6H2,1H3,(H,19,22). The number of urea groups is 1. The summed E-state index contributed by atoms with van der Waals surface area (Å²) < 4.78 is 3.28. The molecule has 0 radical (unpaired) electrons. The van der Waals surface area contributed by atoms with Gasteiger partial charge in [-0.3, -0.25) is 4.79 Å². The number of benzene rings is 1. The predicted molar refractivity (Wildman–Crippen MR) is 87.2 cm³/mol. The van der Waals surface area contributed by atoms with E-state index in [1.54, 1.807) is 19.1 Å². The highest BCUT2D eigenvalue weighted by Crippen LogP contribution is 2.31. The summed E-state index contributed by atoms with van der Waals surface area (Å²) in [5.41, 5.74) is 0.905. The number of phenolic OH excluding ortho intramolecular Hbond substituents is 1. The Kier molecular flexibility index (Phi) is 5.39. The van der Waals surface area contributed by atoms with Crippen LogP contribution in [0.2, 0.25) is 0 Å². The highest BCUT2D eigenvalue weighted by molar-refractivity contribution is 6.67. The third-order valence-corrected chi connectivity index (χ3v) is 3.55. The molecule has 1 heterocycles. The second-order valence-corrected chi connectivity index (χ2v) is 7.49. The number of amides is 2. The summed E-state index contributed by atoms with van der Waals surface area (Å²) in [6.45, 7) is 1.13. The number of nitrogens with one attached hydrogen (secondary N) is 1. The maximum Gasteiger partial charge on any atom is 0.341 e. The molecule has 2 N–H and O–H groups in total. The lowest BCUT2D eigenvalue weighted by atomic mass is 9.88. The molecule has 2 rings (SSSR count). The molecule has 0 fully saturated rings. The van der Waals surface area contributed by atoms with Crippen LogP contribution >= 0.6 is 34.8 Å². The van der Waals surface area contributed by atoms with E-state index in [1.807, 2.05) is 0 Å². The Morgan fingerprint density at radius 1 is 1.35 bits per heavy atom. The van der Waals surface area contributed by atoms with Gasteiger partial charge < -0.3 is 15.2 Å². The van der Waals surface area contributed by atoms with Gasteiger partial charge in [0.1, 0.15) is 18.3 Å². The molecule has 124 valence electrons. The number of carbonyl (C=O) groups excluding carboxylic acids is 2. The van der Waals surface area contributed by atoms with Crippen LogP contribution in [0.5, 0.6) is 5.75 Å². The molecule has 2 atom stereocenters. The Balaban J connectivity index is 2.27. The van der Waals surface area contributed by atoms with Gasteiger partial charge in [-0.25, -0.2) is 9.79 Å². The van der Waals surface area contributed by atoms with Crippen molar-refractivity contribution in [3.8, 4) is 5.75 Å². The number of esters is 1. The number of aliphatic imine (C=N–C) groups is 1. The number of carbonyl (C=O) groups is 2. The third-order valence-electron chi connectivity index (χ3n) is 3.22. The van der Waals surface area contributed by atoms with Crippen molar-refractivity contribution >= 4 is 52.5 Å². The molecule has 1 aromatic carbocycles. The van der Waals surface area contributed by atoms with Gasteiger partial charge in [-0.2, -0.15) is 0 Å². The van der Waals surface area contributed by atoms with Crippen LogP contribution in [0.1, 0.15) is 18.5 Å². The molecule has 1 aliphatic heterocycles. The van der Waals surface area contributed by atoms with Gasteiger partial charge in [-0.05, 0) is 24.6 Å². The van der Waals surface area contributed by atoms with E-state index < -0.39 is 34.4 Å². The highest BCUT2D eigenvalue weighted by atomic mass is 35.6. The minimum absolute atomic E-state index is 0.0663. The minimum atomic E-state index is -1.73. The van der Waals surface area contributed by atoms with Gasteiger partial charge in [0.15, 0.2) is 0 Å². The monoisotopic (exact) mass is 378 g/mol. The predicted octanol–water partition coefficient (Wildman–Crippen LogP) is 3.15. The van der Waals surface area contributed by atoms with E-state index in [1.165, 1.54) is 12.1 Å². The SMILES string of the molecule is CC1=NC(=O)NC(c2ccc(O)cc2)C1C(=O)OCC(Cl)(Cl)Cl. The van der Waals surface area contributed by atoms with E-state index in [9.17, 15) is 14.7 Å². The van der Waals surface area contributed by atoms with Crippen LogP contribution in [-0.2, 0) is 9.53 Å². The van der Waals surface area contributed by atoms with Crippen molar-refractivity contribution in [3.05, 3.63) is 29.8 Å². The Hall–Kier alpha value is -1.50. The number of hydrogen-bond acceptors (Lipinski definition) is 4. The van der Waals surface area contributed by atoms with E-state index in [-0.39, 0.29) is 5.75 Å². The van der Waals surface area contributed by atoms with Crippen molar-refractivity contribution in [1.29, 1.82) is 0 Å². The van der Waals surface area contributed by atoms with E-state index in [0.717, 1.165) is 0 Å². The van der Waals surface area contributed by atoms with E-state index in [0.29, 0.717) is 11.3 Å². The second-order valence-electron chi connectivity index (χ2n) is 4.97. The van der Waals surface area contributed by atoms with Gasteiger partial charge in [0.05, 0.1) is 6.04 Å². The fraction of sp³-hybridized carbons (Fsp3) is 0.357. The van der Waals surface area contributed by atoms with Crippen molar-refractivity contribution in [2.75, 3.05) is 6.61 Å². The lowest BCUT2D eigenvalue weighted by Crippen LogP contribution is -2.44. The molecule has 2 amide bonds. The molecular weight excluding hydrogens is 367 g/mol. The molecule has 6 nitrogen and oxygen atoms in total. The number of alkyl halides is 3. The van der Waals surface area contributed by atoms with Crippen LogP contribution in [0.25, 0.3) is 0 Å². The fourth-order valence-corrected chi connectivity index (χ4v) is 2.39. The molecule has 0 aromatic heterocycles. The van der Waals surface area contributed by atoms with Crippen molar-refractivity contribution in [2.45, 2.75) is 16.8 Å². The topological polar surface area (TPSA) is 88.0 Å². The summed E-state index contributed by atoms with van der Waals surface area (Å²) in [6, 6.07) is 4.83. The highest BCUT2D eigenvalue weighted by Gasteiger charge is 2.38. The molecular formula is C14H13Cl3N2O4. The van der Waals surface area contributed by atoms with Crippen molar-refractivity contribution in [3.63, 3.8) is 0 Å². The first-order chi connectivity index (χ1) is 10.7. The summed E-state index contributed by atoms with van der Waals surface area (Å²) in [4.78, 5) is 27.7. The molecule has 0 aliphatic carbocycles. The normalized spacial score (nSPS) is 21.4. The molecule has 2 unspecified atom stereocenters. The lowest BCUT2D eigenvalue weighted by Gasteiger charge is -2.30. The molecule has 1 aliphatic rings. The molecule has 0 saturated carbocycles. The van der Waals surface area contributed by atoms with E-state index >= 15 is 0 Å². The van der Waals surface area contributed by atoms with Crippen molar-refractivity contribution < 1.29 is 19.4 Å². The summed E-state index contributed by atoms with van der Waals surface area (Å²) in [6.07, 6.45) is 0. The average molecular weight is 380 g/mol. The Morgan fingerprint density at radius 3 is 2.52 bits per heavy atom. The zero-order valence-electron chi connectivity index (χ0n) is 11.9. The number of aromatic hydroxyl groups is 1. The minimum Gasteiger partial charge on any atom is -0.508 e. The van der Waals surface area contributed by atoms with Gasteiger partial charge in [-0.15, -0.1) is 0 Å². The van der Waals surface area contributed by atoms with Crippen molar-refractivity contribution in [2.24, 2.45) is 10.9 Å². The maximum atomic E-state index is 12.3. The molecule has 9 heteroatoms. The molecule has 0 spiro atoms. The van der Waals surface area contributed by atoms with E-state index in [4.69, 9.17) is 39.5 Å². The third kappa shape index (κ3) is 4.73. The summed E-state index contributed by atoms with van der Waals surface area (Å²) in [5.74, 6) is -1.46. The van der Waals surface area contributed by atoms with Crippen LogP contribution in [-0.4, -0.2) is 33.2 Å². The number of nitrogens with zero attached hydrogens (tertiary/aromatic N) is 1. The molecule has 23 heavy (non-hydrogen) atoms. The van der Waals surface area contributed by atoms with Gasteiger partial charge in [0.2, 0.25) is 3.79 Å². The van der Waals surface area contributed by atoms with Crippen molar-refractivity contribution in [1.82, 2.24) is 5.32 Å². The maximum absolute atomic E-state index is 12.3. The van der Waals surface area contributed by atoms with Gasteiger partial charge >= 0.3 is 12.0 Å². The smallest absolute Gasteiger partial charge is 0.341 e. The fourth-order valence-electron chi connectivity index (χ4n) is 2.23.